The van der Waals surface area contributed by atoms with E-state index < -0.39 is 17.9 Å². The Labute approximate surface area is 120 Å². The molecule has 1 rings (SSSR count). The molecule has 0 unspecified atom stereocenters. The summed E-state index contributed by atoms with van der Waals surface area (Å²) in [6.45, 7) is 1.70. The Bertz CT molecular complexity index is 479. The van der Waals surface area contributed by atoms with Crippen molar-refractivity contribution in [3.63, 3.8) is 0 Å². The summed E-state index contributed by atoms with van der Waals surface area (Å²) in [5, 5.41) is 2.25. The fourth-order valence-electron chi connectivity index (χ4n) is 1.40. The van der Waals surface area contributed by atoms with Gasteiger partial charge in [-0.25, -0.2) is 18.9 Å². The zero-order chi connectivity index (χ0) is 15.1. The van der Waals surface area contributed by atoms with Crippen molar-refractivity contribution in [2.45, 2.75) is 6.92 Å². The van der Waals surface area contributed by atoms with Crippen molar-refractivity contribution in [1.82, 2.24) is 4.90 Å². The first-order valence-electron chi connectivity index (χ1n) is 5.90. The molecule has 0 fully saturated rings. The highest BCUT2D eigenvalue weighted by molar-refractivity contribution is 6.33. The molecule has 0 heterocycles. The van der Waals surface area contributed by atoms with E-state index in [1.165, 1.54) is 12.1 Å². The van der Waals surface area contributed by atoms with E-state index in [0.29, 0.717) is 0 Å². The normalized spacial score (nSPS) is 10.0. The predicted octanol–water partition coefficient (Wildman–Crippen LogP) is 2.43. The second-order valence-electron chi connectivity index (χ2n) is 3.67. The van der Waals surface area contributed by atoms with E-state index in [4.69, 9.17) is 22.1 Å². The molecular weight excluding hydrogens is 289 g/mol. The third-order valence-corrected chi connectivity index (χ3v) is 2.60. The van der Waals surface area contributed by atoms with Crippen molar-refractivity contribution >= 4 is 29.4 Å². The van der Waals surface area contributed by atoms with E-state index in [-0.39, 0.29) is 30.4 Å². The topological polar surface area (TPSA) is 84.7 Å². The van der Waals surface area contributed by atoms with E-state index in [1.807, 2.05) is 0 Å². The molecule has 8 heteroatoms. The molecule has 0 atom stereocenters. The number of nitrogens with one attached hydrogen (secondary N) is 1. The number of hydrogen-bond acceptors (Lipinski definition) is 4. The SMILES string of the molecule is CCOC(=O)N(CCN)C(=O)Nc1c(F)cccc1Cl. The van der Waals surface area contributed by atoms with Crippen LogP contribution in [0.2, 0.25) is 5.02 Å². The number of amides is 3. The van der Waals surface area contributed by atoms with Crippen LogP contribution in [-0.2, 0) is 4.74 Å². The monoisotopic (exact) mass is 303 g/mol. The number of benzene rings is 1. The Balaban J connectivity index is 2.88. The molecule has 3 N–H and O–H groups in total. The molecule has 1 aromatic rings. The van der Waals surface area contributed by atoms with Crippen LogP contribution in [0.15, 0.2) is 18.2 Å². The Kier molecular flexibility index (Phi) is 6.20. The Morgan fingerprint density at radius 2 is 2.20 bits per heavy atom. The number of anilines is 1. The van der Waals surface area contributed by atoms with E-state index in [0.717, 1.165) is 11.0 Å². The molecule has 0 aliphatic heterocycles. The van der Waals surface area contributed by atoms with Gasteiger partial charge in [0.1, 0.15) is 5.82 Å². The number of imide groups is 1. The first kappa shape index (κ1) is 16.2. The number of para-hydroxylation sites is 1. The van der Waals surface area contributed by atoms with Crippen LogP contribution in [0.3, 0.4) is 0 Å². The van der Waals surface area contributed by atoms with Gasteiger partial charge in [0.05, 0.1) is 17.3 Å². The highest BCUT2D eigenvalue weighted by Gasteiger charge is 2.23. The van der Waals surface area contributed by atoms with Gasteiger partial charge in [-0.05, 0) is 19.1 Å². The Morgan fingerprint density at radius 3 is 2.75 bits per heavy atom. The van der Waals surface area contributed by atoms with Gasteiger partial charge in [-0.3, -0.25) is 0 Å². The van der Waals surface area contributed by atoms with Crippen molar-refractivity contribution < 1.29 is 18.7 Å². The number of urea groups is 1. The predicted molar refractivity (Wildman–Crippen MR) is 73.2 cm³/mol. The smallest absolute Gasteiger partial charge is 0.418 e. The lowest BCUT2D eigenvalue weighted by Crippen LogP contribution is -2.43. The molecule has 3 amide bonds. The molecule has 0 bridgehead atoms. The molecule has 1 aromatic carbocycles. The number of nitrogens with two attached hydrogens (primary N) is 1. The third kappa shape index (κ3) is 4.07. The van der Waals surface area contributed by atoms with Crippen molar-refractivity contribution in [3.05, 3.63) is 29.0 Å². The minimum atomic E-state index is -0.860. The zero-order valence-electron chi connectivity index (χ0n) is 10.9. The van der Waals surface area contributed by atoms with Gasteiger partial charge in [0.15, 0.2) is 0 Å². The number of carbonyl (C=O) groups excluding carboxylic acids is 2. The number of nitrogens with zero attached hydrogens (tertiary/aromatic N) is 1. The highest BCUT2D eigenvalue weighted by atomic mass is 35.5. The minimum absolute atomic E-state index is 0.0231. The highest BCUT2D eigenvalue weighted by Crippen LogP contribution is 2.24. The second kappa shape index (κ2) is 7.66. The van der Waals surface area contributed by atoms with Crippen LogP contribution in [0.25, 0.3) is 0 Å². The average Bonchev–Trinajstić information content (AvgIpc) is 2.40. The number of hydrogen-bond donors (Lipinski definition) is 2. The number of halogens is 2. The molecule has 0 saturated carbocycles. The zero-order valence-corrected chi connectivity index (χ0v) is 11.6. The fraction of sp³-hybridized carbons (Fsp3) is 0.333. The summed E-state index contributed by atoms with van der Waals surface area (Å²) in [5.41, 5.74) is 5.12. The second-order valence-corrected chi connectivity index (χ2v) is 4.07. The first-order chi connectivity index (χ1) is 9.51. The van der Waals surface area contributed by atoms with Crippen molar-refractivity contribution in [3.8, 4) is 0 Å². The van der Waals surface area contributed by atoms with E-state index >= 15 is 0 Å². The van der Waals surface area contributed by atoms with Crippen LogP contribution in [0.4, 0.5) is 19.7 Å². The molecule has 0 radical (unpaired) electrons. The summed E-state index contributed by atoms with van der Waals surface area (Å²) >= 11 is 5.78. The summed E-state index contributed by atoms with van der Waals surface area (Å²) in [5.74, 6) is -0.706. The van der Waals surface area contributed by atoms with Gasteiger partial charge in [0.25, 0.3) is 0 Å². The Morgan fingerprint density at radius 1 is 1.50 bits per heavy atom. The van der Waals surface area contributed by atoms with Crippen molar-refractivity contribution in [1.29, 1.82) is 0 Å². The molecule has 0 saturated heterocycles. The number of rotatable bonds is 4. The van der Waals surface area contributed by atoms with Crippen molar-refractivity contribution in [2.75, 3.05) is 25.0 Å². The third-order valence-electron chi connectivity index (χ3n) is 2.28. The lowest BCUT2D eigenvalue weighted by atomic mass is 10.3. The fourth-order valence-corrected chi connectivity index (χ4v) is 1.61. The largest absolute Gasteiger partial charge is 0.449 e. The van der Waals surface area contributed by atoms with Gasteiger partial charge in [-0.2, -0.15) is 0 Å². The molecule has 0 aliphatic carbocycles. The van der Waals surface area contributed by atoms with E-state index in [1.54, 1.807) is 6.92 Å². The molecule has 0 aromatic heterocycles. The lowest BCUT2D eigenvalue weighted by Gasteiger charge is -2.20. The quantitative estimate of drug-likeness (QED) is 0.894. The summed E-state index contributed by atoms with van der Waals surface area (Å²) in [6.07, 6.45) is -0.858. The molecule has 110 valence electrons. The summed E-state index contributed by atoms with van der Waals surface area (Å²) < 4.78 is 18.3. The average molecular weight is 304 g/mol. The van der Waals surface area contributed by atoms with Crippen LogP contribution >= 0.6 is 11.6 Å². The first-order valence-corrected chi connectivity index (χ1v) is 6.28. The number of carbonyl (C=O) groups is 2. The van der Waals surface area contributed by atoms with Gasteiger partial charge in [-0.15, -0.1) is 0 Å². The van der Waals surface area contributed by atoms with E-state index in [9.17, 15) is 14.0 Å². The van der Waals surface area contributed by atoms with Crippen LogP contribution in [0.1, 0.15) is 6.92 Å². The summed E-state index contributed by atoms with van der Waals surface area (Å²) in [7, 11) is 0. The summed E-state index contributed by atoms with van der Waals surface area (Å²) in [6, 6.07) is 3.09. The van der Waals surface area contributed by atoms with E-state index in [2.05, 4.69) is 5.32 Å². The van der Waals surface area contributed by atoms with Crippen LogP contribution in [0, 0.1) is 5.82 Å². The minimum Gasteiger partial charge on any atom is -0.449 e. The van der Waals surface area contributed by atoms with Gasteiger partial charge in [0.2, 0.25) is 0 Å². The molecule has 20 heavy (non-hydrogen) atoms. The standard InChI is InChI=1S/C12H15ClFN3O3/c1-2-20-12(19)17(7-6-15)11(18)16-10-8(13)4-3-5-9(10)14/h3-5H,2,6-7,15H2,1H3,(H,16,18). The maximum absolute atomic E-state index is 13.6. The van der Waals surface area contributed by atoms with Gasteiger partial charge in [-0.1, -0.05) is 17.7 Å². The molecular formula is C12H15ClFN3O3. The molecule has 0 aliphatic rings. The molecule has 0 spiro atoms. The van der Waals surface area contributed by atoms with Crippen LogP contribution < -0.4 is 11.1 Å². The van der Waals surface area contributed by atoms with Gasteiger partial charge in [0, 0.05) is 13.1 Å². The molecule has 6 nitrogen and oxygen atoms in total. The maximum atomic E-state index is 13.6. The number of ether oxygens (including phenoxy) is 1. The summed E-state index contributed by atoms with van der Waals surface area (Å²) in [4.78, 5) is 24.3. The van der Waals surface area contributed by atoms with Crippen molar-refractivity contribution in [2.24, 2.45) is 5.73 Å². The van der Waals surface area contributed by atoms with Crippen LogP contribution in [-0.4, -0.2) is 36.7 Å². The maximum Gasteiger partial charge on any atom is 0.418 e. The van der Waals surface area contributed by atoms with Gasteiger partial charge < -0.3 is 15.8 Å². The Hall–Kier alpha value is -1.86. The van der Waals surface area contributed by atoms with Crippen LogP contribution in [0.5, 0.6) is 0 Å². The lowest BCUT2D eigenvalue weighted by molar-refractivity contribution is 0.118. The van der Waals surface area contributed by atoms with Gasteiger partial charge >= 0.3 is 12.1 Å².